The highest BCUT2D eigenvalue weighted by atomic mass is 35.5. The molecule has 2 N–H and O–H groups in total. The standard InChI is InChI=1S/C15H16ClN3O/c1-3-17-14-6-4-5-13(19-14)15(20)18-11-8-7-10(2)12(16)9-11/h4-9H,3H2,1-2H3,(H,17,19)(H,18,20). The first-order chi connectivity index (χ1) is 9.60. The molecule has 20 heavy (non-hydrogen) atoms. The Morgan fingerprint density at radius 1 is 1.30 bits per heavy atom. The first kappa shape index (κ1) is 14.3. The molecular formula is C15H16ClN3O. The highest BCUT2D eigenvalue weighted by molar-refractivity contribution is 6.31. The summed E-state index contributed by atoms with van der Waals surface area (Å²) in [6.07, 6.45) is 0. The van der Waals surface area contributed by atoms with E-state index in [9.17, 15) is 4.79 Å². The van der Waals surface area contributed by atoms with Crippen molar-refractivity contribution < 1.29 is 4.79 Å². The van der Waals surface area contributed by atoms with Crippen LogP contribution in [-0.4, -0.2) is 17.4 Å². The minimum absolute atomic E-state index is 0.260. The van der Waals surface area contributed by atoms with Gasteiger partial charge in [-0.2, -0.15) is 0 Å². The highest BCUT2D eigenvalue weighted by Gasteiger charge is 2.09. The number of anilines is 2. The van der Waals surface area contributed by atoms with E-state index in [2.05, 4.69) is 15.6 Å². The topological polar surface area (TPSA) is 54.0 Å². The lowest BCUT2D eigenvalue weighted by atomic mass is 10.2. The summed E-state index contributed by atoms with van der Waals surface area (Å²) in [7, 11) is 0. The Bertz CT molecular complexity index is 628. The normalized spacial score (nSPS) is 10.2. The van der Waals surface area contributed by atoms with E-state index in [1.807, 2.05) is 32.0 Å². The van der Waals surface area contributed by atoms with Crippen LogP contribution in [-0.2, 0) is 0 Å². The molecule has 0 bridgehead atoms. The van der Waals surface area contributed by atoms with Gasteiger partial charge in [0.15, 0.2) is 0 Å². The monoisotopic (exact) mass is 289 g/mol. The zero-order valence-corrected chi connectivity index (χ0v) is 12.2. The number of benzene rings is 1. The molecule has 1 amide bonds. The SMILES string of the molecule is CCNc1cccc(C(=O)Nc2ccc(C)c(Cl)c2)n1. The largest absolute Gasteiger partial charge is 0.370 e. The lowest BCUT2D eigenvalue weighted by molar-refractivity contribution is 0.102. The molecule has 0 atom stereocenters. The third-order valence-electron chi connectivity index (χ3n) is 2.77. The van der Waals surface area contributed by atoms with Crippen LogP contribution in [0.1, 0.15) is 23.0 Å². The molecule has 0 aliphatic heterocycles. The van der Waals surface area contributed by atoms with Crippen LogP contribution in [0.4, 0.5) is 11.5 Å². The summed E-state index contributed by atoms with van der Waals surface area (Å²) in [5.41, 5.74) is 1.98. The van der Waals surface area contributed by atoms with Crippen molar-refractivity contribution in [1.29, 1.82) is 0 Å². The number of carbonyl (C=O) groups is 1. The first-order valence-electron chi connectivity index (χ1n) is 6.38. The zero-order chi connectivity index (χ0) is 14.5. The third kappa shape index (κ3) is 3.48. The number of amides is 1. The summed E-state index contributed by atoms with van der Waals surface area (Å²) in [4.78, 5) is 16.4. The van der Waals surface area contributed by atoms with E-state index in [0.29, 0.717) is 22.2 Å². The fourth-order valence-corrected chi connectivity index (χ4v) is 1.89. The van der Waals surface area contributed by atoms with Gasteiger partial charge in [0.2, 0.25) is 0 Å². The summed E-state index contributed by atoms with van der Waals surface area (Å²) in [5.74, 6) is 0.423. The van der Waals surface area contributed by atoms with Gasteiger partial charge in [0.25, 0.3) is 5.91 Å². The predicted molar refractivity (Wildman–Crippen MR) is 82.5 cm³/mol. The molecule has 1 aromatic heterocycles. The maximum absolute atomic E-state index is 12.1. The molecule has 1 aromatic carbocycles. The summed E-state index contributed by atoms with van der Waals surface area (Å²) in [6, 6.07) is 10.7. The first-order valence-corrected chi connectivity index (χ1v) is 6.76. The van der Waals surface area contributed by atoms with E-state index in [-0.39, 0.29) is 5.91 Å². The van der Waals surface area contributed by atoms with Gasteiger partial charge in [-0.3, -0.25) is 4.79 Å². The van der Waals surface area contributed by atoms with Gasteiger partial charge in [-0.25, -0.2) is 4.98 Å². The molecule has 0 aliphatic carbocycles. The van der Waals surface area contributed by atoms with E-state index in [1.165, 1.54) is 0 Å². The molecule has 2 rings (SSSR count). The molecule has 0 radical (unpaired) electrons. The Morgan fingerprint density at radius 3 is 2.80 bits per heavy atom. The second-order valence-electron chi connectivity index (χ2n) is 4.36. The van der Waals surface area contributed by atoms with Crippen molar-refractivity contribution in [2.24, 2.45) is 0 Å². The molecule has 1 heterocycles. The second kappa shape index (κ2) is 6.39. The minimum atomic E-state index is -0.260. The van der Waals surface area contributed by atoms with Gasteiger partial charge in [-0.05, 0) is 43.7 Å². The number of rotatable bonds is 4. The lowest BCUT2D eigenvalue weighted by Gasteiger charge is -2.08. The van der Waals surface area contributed by atoms with E-state index in [1.54, 1.807) is 18.2 Å². The Labute approximate surface area is 123 Å². The van der Waals surface area contributed by atoms with Crippen molar-refractivity contribution in [3.63, 3.8) is 0 Å². The number of pyridine rings is 1. The number of nitrogens with one attached hydrogen (secondary N) is 2. The quantitative estimate of drug-likeness (QED) is 0.902. The average molecular weight is 290 g/mol. The van der Waals surface area contributed by atoms with Crippen LogP contribution in [0.5, 0.6) is 0 Å². The number of hydrogen-bond donors (Lipinski definition) is 2. The van der Waals surface area contributed by atoms with E-state index >= 15 is 0 Å². The van der Waals surface area contributed by atoms with E-state index < -0.39 is 0 Å². The molecule has 0 unspecified atom stereocenters. The highest BCUT2D eigenvalue weighted by Crippen LogP contribution is 2.20. The van der Waals surface area contributed by atoms with Crippen molar-refractivity contribution in [1.82, 2.24) is 4.98 Å². The Hall–Kier alpha value is -2.07. The molecule has 4 nitrogen and oxygen atoms in total. The minimum Gasteiger partial charge on any atom is -0.370 e. The summed E-state index contributed by atoms with van der Waals surface area (Å²) < 4.78 is 0. The molecular weight excluding hydrogens is 274 g/mol. The van der Waals surface area contributed by atoms with Gasteiger partial charge in [-0.1, -0.05) is 23.7 Å². The molecule has 0 aliphatic rings. The van der Waals surface area contributed by atoms with Crippen molar-refractivity contribution in [3.8, 4) is 0 Å². The molecule has 2 aromatic rings. The number of carbonyl (C=O) groups excluding carboxylic acids is 1. The van der Waals surface area contributed by atoms with Crippen LogP contribution >= 0.6 is 11.6 Å². The fraction of sp³-hybridized carbons (Fsp3) is 0.200. The smallest absolute Gasteiger partial charge is 0.274 e. The molecule has 0 fully saturated rings. The van der Waals surface area contributed by atoms with Crippen LogP contribution in [0.25, 0.3) is 0 Å². The van der Waals surface area contributed by atoms with Crippen LogP contribution in [0.15, 0.2) is 36.4 Å². The molecule has 0 saturated heterocycles. The number of nitrogens with zero attached hydrogens (tertiary/aromatic N) is 1. The number of hydrogen-bond acceptors (Lipinski definition) is 3. The molecule has 0 spiro atoms. The summed E-state index contributed by atoms with van der Waals surface area (Å²) in [5, 5.41) is 6.48. The van der Waals surface area contributed by atoms with Crippen molar-refractivity contribution in [2.75, 3.05) is 17.2 Å². The Kier molecular flexibility index (Phi) is 4.58. The Morgan fingerprint density at radius 2 is 2.10 bits per heavy atom. The fourth-order valence-electron chi connectivity index (χ4n) is 1.71. The second-order valence-corrected chi connectivity index (χ2v) is 4.76. The van der Waals surface area contributed by atoms with Gasteiger partial charge >= 0.3 is 0 Å². The van der Waals surface area contributed by atoms with Crippen LogP contribution in [0, 0.1) is 6.92 Å². The molecule has 104 valence electrons. The van der Waals surface area contributed by atoms with Crippen LogP contribution in [0.2, 0.25) is 5.02 Å². The molecule has 0 saturated carbocycles. The van der Waals surface area contributed by atoms with Crippen LogP contribution in [0.3, 0.4) is 0 Å². The van der Waals surface area contributed by atoms with Crippen molar-refractivity contribution in [2.45, 2.75) is 13.8 Å². The zero-order valence-electron chi connectivity index (χ0n) is 11.4. The van der Waals surface area contributed by atoms with Gasteiger partial charge in [0.1, 0.15) is 11.5 Å². The number of aryl methyl sites for hydroxylation is 1. The number of aromatic nitrogens is 1. The van der Waals surface area contributed by atoms with E-state index in [0.717, 1.165) is 12.1 Å². The summed E-state index contributed by atoms with van der Waals surface area (Å²) in [6.45, 7) is 4.64. The lowest BCUT2D eigenvalue weighted by Crippen LogP contribution is -2.14. The number of halogens is 1. The van der Waals surface area contributed by atoms with Gasteiger partial charge < -0.3 is 10.6 Å². The predicted octanol–water partition coefficient (Wildman–Crippen LogP) is 3.73. The summed E-state index contributed by atoms with van der Waals surface area (Å²) >= 11 is 6.03. The average Bonchev–Trinajstić information content (AvgIpc) is 2.43. The molecule has 5 heteroatoms. The van der Waals surface area contributed by atoms with Gasteiger partial charge in [0.05, 0.1) is 0 Å². The van der Waals surface area contributed by atoms with Gasteiger partial charge in [0, 0.05) is 17.3 Å². The maximum Gasteiger partial charge on any atom is 0.274 e. The van der Waals surface area contributed by atoms with E-state index in [4.69, 9.17) is 11.6 Å². The van der Waals surface area contributed by atoms with Gasteiger partial charge in [-0.15, -0.1) is 0 Å². The van der Waals surface area contributed by atoms with Crippen molar-refractivity contribution in [3.05, 3.63) is 52.7 Å². The van der Waals surface area contributed by atoms with Crippen LogP contribution < -0.4 is 10.6 Å². The third-order valence-corrected chi connectivity index (χ3v) is 3.18. The maximum atomic E-state index is 12.1. The van der Waals surface area contributed by atoms with Crippen molar-refractivity contribution >= 4 is 29.0 Å². The Balaban J connectivity index is 2.15.